The number of carboxylic acids is 2. The summed E-state index contributed by atoms with van der Waals surface area (Å²) in [5, 5.41) is 20.4. The molecule has 9 heteroatoms. The number of thioether (sulfide) groups is 1. The van der Waals surface area contributed by atoms with Gasteiger partial charge in [0, 0.05) is 60.9 Å². The number of carbonyl (C=O) groups is 2. The lowest BCUT2D eigenvalue weighted by Crippen LogP contribution is -2.28. The predicted molar refractivity (Wildman–Crippen MR) is 204 cm³/mol. The second-order valence-corrected chi connectivity index (χ2v) is 15.9. The summed E-state index contributed by atoms with van der Waals surface area (Å²) in [4.78, 5) is 27.7. The van der Waals surface area contributed by atoms with Crippen LogP contribution in [0.1, 0.15) is 64.5 Å². The number of carboxylic acid groups (broad SMARTS) is 2. The summed E-state index contributed by atoms with van der Waals surface area (Å²) in [7, 11) is 0. The first-order valence-electron chi connectivity index (χ1n) is 16.8. The molecule has 0 radical (unpaired) electrons. The predicted octanol–water partition coefficient (Wildman–Crippen LogP) is 10.3. The smallest absolute Gasteiger partial charge is 0.309 e. The van der Waals surface area contributed by atoms with E-state index in [0.29, 0.717) is 23.1 Å². The number of halogens is 2. The fourth-order valence-electron chi connectivity index (χ4n) is 7.31. The van der Waals surface area contributed by atoms with Crippen molar-refractivity contribution in [3.05, 3.63) is 134 Å². The number of benzene rings is 3. The van der Waals surface area contributed by atoms with Crippen molar-refractivity contribution in [2.24, 2.45) is 0 Å². The van der Waals surface area contributed by atoms with Crippen LogP contribution in [0.15, 0.2) is 118 Å². The molecule has 0 spiro atoms. The van der Waals surface area contributed by atoms with Gasteiger partial charge in [0.1, 0.15) is 6.42 Å². The number of hydrogen-bond acceptors (Lipinski definition) is 4. The Morgan fingerprint density at radius 3 is 2.22 bits per heavy atom. The standard InChI is InChI=1S/C41H40Cl2N2O4S/c1-40(2)31-24-28(42)14-16-33(31)44(22-20-37(46)47)35(40)18-12-26-10-11-27(39(26)50-30-8-6-5-7-9-30)13-19-36-41(3,4)32-25-29(43)15-17-34(32)45(36)23-21-38(48)49/h5-9,12-19,24-25H,10-11,20-23H2,1-4H3,(H-,46,47,48,49)/p+1. The zero-order valence-corrected chi connectivity index (χ0v) is 31.0. The summed E-state index contributed by atoms with van der Waals surface area (Å²) in [5.41, 5.74) is 7.86. The summed E-state index contributed by atoms with van der Waals surface area (Å²) in [5.74, 6) is -1.67. The Bertz CT molecular complexity index is 2020. The van der Waals surface area contributed by atoms with E-state index in [9.17, 15) is 19.8 Å². The monoisotopic (exact) mass is 727 g/mol. The van der Waals surface area contributed by atoms with E-state index < -0.39 is 11.9 Å². The van der Waals surface area contributed by atoms with Gasteiger partial charge in [-0.2, -0.15) is 4.58 Å². The molecule has 3 aromatic carbocycles. The zero-order chi connectivity index (χ0) is 35.8. The number of anilines is 1. The highest BCUT2D eigenvalue weighted by molar-refractivity contribution is 8.03. The SMILES string of the molecule is CC1(C)C(/C=C/C2=C(Sc3ccccc3)C(=C/C=C3/N(CCC(=O)O)c4ccc(Cl)cc4C3(C)C)/CC2)=[N+](CCC(=O)O)c2ccc(Cl)cc21. The Labute approximate surface area is 308 Å². The Morgan fingerprint density at radius 1 is 0.840 bits per heavy atom. The van der Waals surface area contributed by atoms with Gasteiger partial charge in [-0.1, -0.05) is 79.2 Å². The normalized spacial score (nSPS) is 19.3. The molecule has 0 atom stereocenters. The molecule has 0 saturated heterocycles. The molecule has 6 nitrogen and oxygen atoms in total. The minimum atomic E-state index is -0.837. The zero-order valence-electron chi connectivity index (χ0n) is 28.7. The second-order valence-electron chi connectivity index (χ2n) is 13.9. The van der Waals surface area contributed by atoms with Crippen LogP contribution in [0.4, 0.5) is 11.4 Å². The molecule has 2 heterocycles. The molecule has 0 aromatic heterocycles. The number of hydrogen-bond donors (Lipinski definition) is 2. The average molecular weight is 729 g/mol. The summed E-state index contributed by atoms with van der Waals surface area (Å²) in [6.07, 6.45) is 10.5. The van der Waals surface area contributed by atoms with Gasteiger partial charge in [-0.05, 0) is 91.9 Å². The third kappa shape index (κ3) is 7.09. The first kappa shape index (κ1) is 35.8. The quantitative estimate of drug-likeness (QED) is 0.191. The Kier molecular flexibility index (Phi) is 10.2. The maximum absolute atomic E-state index is 11.6. The fourth-order valence-corrected chi connectivity index (χ4v) is 8.78. The van der Waals surface area contributed by atoms with E-state index in [1.54, 1.807) is 11.8 Å². The molecule has 2 aliphatic heterocycles. The third-order valence-electron chi connectivity index (χ3n) is 9.90. The lowest BCUT2D eigenvalue weighted by atomic mass is 9.81. The van der Waals surface area contributed by atoms with Crippen molar-refractivity contribution in [1.82, 2.24) is 0 Å². The fraction of sp³-hybridized carbons (Fsp3) is 0.293. The van der Waals surface area contributed by atoms with Gasteiger partial charge in [-0.25, -0.2) is 0 Å². The van der Waals surface area contributed by atoms with Gasteiger partial charge in [0.15, 0.2) is 12.3 Å². The largest absolute Gasteiger partial charge is 0.481 e. The molecule has 0 unspecified atom stereocenters. The lowest BCUT2D eigenvalue weighted by Gasteiger charge is -2.26. The molecular formula is C41H41Cl2N2O4S+. The van der Waals surface area contributed by atoms with Crippen molar-refractivity contribution in [3.63, 3.8) is 0 Å². The molecule has 3 aliphatic rings. The van der Waals surface area contributed by atoms with E-state index in [1.807, 2.05) is 54.6 Å². The number of fused-ring (bicyclic) bond motifs is 2. The van der Waals surface area contributed by atoms with Crippen molar-refractivity contribution >= 4 is 64.0 Å². The van der Waals surface area contributed by atoms with Crippen LogP contribution in [0.3, 0.4) is 0 Å². The number of rotatable bonds is 11. The van der Waals surface area contributed by atoms with Crippen molar-refractivity contribution in [2.75, 3.05) is 18.0 Å². The molecule has 0 saturated carbocycles. The molecule has 3 aromatic rings. The number of nitrogens with zero attached hydrogens (tertiary/aromatic N) is 2. The molecule has 6 rings (SSSR count). The van der Waals surface area contributed by atoms with E-state index in [4.69, 9.17) is 23.2 Å². The summed E-state index contributed by atoms with van der Waals surface area (Å²) >= 11 is 14.6. The molecule has 0 fully saturated rings. The number of allylic oxidation sites excluding steroid dienone is 7. The van der Waals surface area contributed by atoms with E-state index in [2.05, 4.69) is 73.6 Å². The first-order valence-corrected chi connectivity index (χ1v) is 18.4. The van der Waals surface area contributed by atoms with Crippen LogP contribution in [-0.2, 0) is 20.4 Å². The van der Waals surface area contributed by atoms with Gasteiger partial charge in [-0.3, -0.25) is 9.59 Å². The van der Waals surface area contributed by atoms with E-state index >= 15 is 0 Å². The Balaban J connectivity index is 1.42. The first-order chi connectivity index (χ1) is 23.8. The van der Waals surface area contributed by atoms with Gasteiger partial charge in [-0.15, -0.1) is 0 Å². The van der Waals surface area contributed by atoms with Crippen LogP contribution in [0.5, 0.6) is 0 Å². The van der Waals surface area contributed by atoms with Gasteiger partial charge < -0.3 is 15.1 Å². The molecule has 0 amide bonds. The van der Waals surface area contributed by atoms with E-state index in [0.717, 1.165) is 51.6 Å². The van der Waals surface area contributed by atoms with Crippen LogP contribution >= 0.6 is 35.0 Å². The van der Waals surface area contributed by atoms with Crippen LogP contribution in [0.2, 0.25) is 10.0 Å². The maximum Gasteiger partial charge on any atom is 0.309 e. The van der Waals surface area contributed by atoms with Gasteiger partial charge in [0.05, 0.1) is 11.8 Å². The molecule has 0 bridgehead atoms. The highest BCUT2D eigenvalue weighted by Crippen LogP contribution is 2.50. The Morgan fingerprint density at radius 2 is 1.52 bits per heavy atom. The van der Waals surface area contributed by atoms with Gasteiger partial charge in [0.25, 0.3) is 0 Å². The molecule has 2 N–H and O–H groups in total. The highest BCUT2D eigenvalue weighted by Gasteiger charge is 2.45. The van der Waals surface area contributed by atoms with Crippen molar-refractivity contribution in [2.45, 2.75) is 69.1 Å². The maximum atomic E-state index is 11.6. The number of aliphatic carboxylic acids is 2. The van der Waals surface area contributed by atoms with Crippen LogP contribution in [0, 0.1) is 0 Å². The lowest BCUT2D eigenvalue weighted by molar-refractivity contribution is -0.436. The van der Waals surface area contributed by atoms with Gasteiger partial charge in [0.2, 0.25) is 5.69 Å². The van der Waals surface area contributed by atoms with Crippen molar-refractivity contribution < 1.29 is 24.4 Å². The van der Waals surface area contributed by atoms with E-state index in [1.165, 1.54) is 16.1 Å². The summed E-state index contributed by atoms with van der Waals surface area (Å²) < 4.78 is 2.12. The van der Waals surface area contributed by atoms with Crippen LogP contribution in [-0.4, -0.2) is 45.5 Å². The minimum absolute atomic E-state index is 0.0186. The highest BCUT2D eigenvalue weighted by atomic mass is 35.5. The average Bonchev–Trinajstić information content (AvgIpc) is 3.61. The topological polar surface area (TPSA) is 80.9 Å². The van der Waals surface area contributed by atoms with Crippen LogP contribution < -0.4 is 4.90 Å². The minimum Gasteiger partial charge on any atom is -0.481 e. The molecule has 1 aliphatic carbocycles. The van der Waals surface area contributed by atoms with Gasteiger partial charge >= 0.3 is 11.9 Å². The molecule has 258 valence electrons. The molecule has 50 heavy (non-hydrogen) atoms. The van der Waals surface area contributed by atoms with E-state index in [-0.39, 0.29) is 23.7 Å². The van der Waals surface area contributed by atoms with Crippen molar-refractivity contribution in [3.8, 4) is 0 Å². The summed E-state index contributed by atoms with van der Waals surface area (Å²) in [6, 6.07) is 22.0. The van der Waals surface area contributed by atoms with Crippen molar-refractivity contribution in [1.29, 1.82) is 0 Å². The Hall–Kier alpha value is -4.04. The second kappa shape index (κ2) is 14.3. The molecular weight excluding hydrogens is 687 g/mol. The van der Waals surface area contributed by atoms with Crippen LogP contribution in [0.25, 0.3) is 0 Å². The summed E-state index contributed by atoms with van der Waals surface area (Å²) in [6.45, 7) is 9.36. The third-order valence-corrected chi connectivity index (χ3v) is 11.6.